The lowest BCUT2D eigenvalue weighted by Gasteiger charge is -2.13. The molecule has 0 aliphatic carbocycles. The third-order valence-corrected chi connectivity index (χ3v) is 3.11. The Morgan fingerprint density at radius 3 is 2.44 bits per heavy atom. The van der Waals surface area contributed by atoms with E-state index in [0.29, 0.717) is 26.7 Å². The van der Waals surface area contributed by atoms with Crippen molar-refractivity contribution in [2.75, 3.05) is 0 Å². The Hall–Kier alpha value is -0.860. The Labute approximate surface area is 111 Å². The van der Waals surface area contributed by atoms with Gasteiger partial charge in [0.15, 0.2) is 6.10 Å². The monoisotopic (exact) mass is 345 g/mol. The molecule has 0 heterocycles. The SMILES string of the molecule is CCC(C#N)Oc1c(Br)cc(C=O)cc1Br. The zero-order chi connectivity index (χ0) is 12.1. The van der Waals surface area contributed by atoms with Crippen molar-refractivity contribution >= 4 is 38.1 Å². The molecule has 0 bridgehead atoms. The molecule has 1 aromatic rings. The van der Waals surface area contributed by atoms with Gasteiger partial charge in [0, 0.05) is 5.56 Å². The maximum atomic E-state index is 10.6. The number of rotatable bonds is 4. The molecule has 0 amide bonds. The first-order valence-electron chi connectivity index (χ1n) is 4.62. The fourth-order valence-corrected chi connectivity index (χ4v) is 2.51. The summed E-state index contributed by atoms with van der Waals surface area (Å²) in [5, 5.41) is 8.81. The van der Waals surface area contributed by atoms with Crippen LogP contribution in [0.25, 0.3) is 0 Å². The summed E-state index contributed by atoms with van der Waals surface area (Å²) < 4.78 is 6.80. The maximum absolute atomic E-state index is 10.6. The first-order chi connectivity index (χ1) is 7.62. The molecule has 84 valence electrons. The molecule has 1 rings (SSSR count). The predicted octanol–water partition coefficient (Wildman–Crippen LogP) is 3.71. The molecule has 1 atom stereocenters. The van der Waals surface area contributed by atoms with Gasteiger partial charge in [-0.15, -0.1) is 0 Å². The number of halogens is 2. The van der Waals surface area contributed by atoms with E-state index in [2.05, 4.69) is 31.9 Å². The van der Waals surface area contributed by atoms with Crippen molar-refractivity contribution in [1.82, 2.24) is 0 Å². The molecule has 3 nitrogen and oxygen atoms in total. The van der Waals surface area contributed by atoms with Gasteiger partial charge in [-0.3, -0.25) is 4.79 Å². The molecule has 0 fully saturated rings. The van der Waals surface area contributed by atoms with Crippen LogP contribution in [0.1, 0.15) is 23.7 Å². The molecule has 0 spiro atoms. The van der Waals surface area contributed by atoms with Crippen molar-refractivity contribution in [2.24, 2.45) is 0 Å². The van der Waals surface area contributed by atoms with E-state index in [9.17, 15) is 4.79 Å². The highest BCUT2D eigenvalue weighted by atomic mass is 79.9. The van der Waals surface area contributed by atoms with Crippen LogP contribution in [0.15, 0.2) is 21.1 Å². The quantitative estimate of drug-likeness (QED) is 0.781. The van der Waals surface area contributed by atoms with E-state index in [1.807, 2.05) is 13.0 Å². The van der Waals surface area contributed by atoms with Crippen LogP contribution in [-0.4, -0.2) is 12.4 Å². The number of aldehydes is 1. The number of nitriles is 1. The van der Waals surface area contributed by atoms with E-state index >= 15 is 0 Å². The zero-order valence-electron chi connectivity index (χ0n) is 8.54. The number of ether oxygens (including phenoxy) is 1. The summed E-state index contributed by atoms with van der Waals surface area (Å²) in [7, 11) is 0. The summed E-state index contributed by atoms with van der Waals surface area (Å²) in [5.41, 5.74) is 0.538. The van der Waals surface area contributed by atoms with Gasteiger partial charge < -0.3 is 4.74 Å². The van der Waals surface area contributed by atoms with Crippen molar-refractivity contribution < 1.29 is 9.53 Å². The number of nitrogens with zero attached hydrogens (tertiary/aromatic N) is 1. The van der Waals surface area contributed by atoms with Crippen LogP contribution >= 0.6 is 31.9 Å². The zero-order valence-corrected chi connectivity index (χ0v) is 11.7. The van der Waals surface area contributed by atoms with E-state index < -0.39 is 6.10 Å². The van der Waals surface area contributed by atoms with Gasteiger partial charge in [-0.05, 0) is 50.4 Å². The molecule has 0 N–H and O–H groups in total. The molecule has 16 heavy (non-hydrogen) atoms. The van der Waals surface area contributed by atoms with Gasteiger partial charge in [-0.1, -0.05) is 6.92 Å². The average Bonchev–Trinajstić information content (AvgIpc) is 2.28. The Balaban J connectivity index is 3.06. The summed E-state index contributed by atoms with van der Waals surface area (Å²) in [4.78, 5) is 10.6. The summed E-state index contributed by atoms with van der Waals surface area (Å²) >= 11 is 6.60. The minimum absolute atomic E-state index is 0.491. The standard InChI is InChI=1S/C11H9Br2NO2/c1-2-8(5-14)16-11-9(12)3-7(6-15)4-10(11)13/h3-4,6,8H,2H2,1H3. The van der Waals surface area contributed by atoms with Crippen molar-refractivity contribution in [1.29, 1.82) is 5.26 Å². The molecular weight excluding hydrogens is 338 g/mol. The fourth-order valence-electron chi connectivity index (χ4n) is 1.10. The van der Waals surface area contributed by atoms with Crippen LogP contribution in [0.4, 0.5) is 0 Å². The molecule has 1 unspecified atom stereocenters. The second-order valence-electron chi connectivity index (χ2n) is 3.08. The van der Waals surface area contributed by atoms with E-state index in [1.165, 1.54) is 0 Å². The average molecular weight is 347 g/mol. The number of hydrogen-bond donors (Lipinski definition) is 0. The largest absolute Gasteiger partial charge is 0.473 e. The van der Waals surface area contributed by atoms with E-state index in [1.54, 1.807) is 12.1 Å². The number of hydrogen-bond acceptors (Lipinski definition) is 3. The molecular formula is C11H9Br2NO2. The Morgan fingerprint density at radius 2 is 2.06 bits per heavy atom. The summed E-state index contributed by atoms with van der Waals surface area (Å²) in [6, 6.07) is 5.35. The molecule has 0 aliphatic heterocycles. The van der Waals surface area contributed by atoms with Gasteiger partial charge in [0.25, 0.3) is 0 Å². The molecule has 0 aromatic heterocycles. The van der Waals surface area contributed by atoms with Gasteiger partial charge in [-0.2, -0.15) is 5.26 Å². The summed E-state index contributed by atoms with van der Waals surface area (Å²) in [5.74, 6) is 0.541. The van der Waals surface area contributed by atoms with Gasteiger partial charge in [-0.25, -0.2) is 0 Å². The first kappa shape index (κ1) is 13.2. The van der Waals surface area contributed by atoms with E-state index in [-0.39, 0.29) is 0 Å². The predicted molar refractivity (Wildman–Crippen MR) is 67.5 cm³/mol. The van der Waals surface area contributed by atoms with Crippen molar-refractivity contribution in [3.05, 3.63) is 26.6 Å². The van der Waals surface area contributed by atoms with Gasteiger partial charge >= 0.3 is 0 Å². The van der Waals surface area contributed by atoms with Crippen molar-refractivity contribution in [2.45, 2.75) is 19.4 Å². The molecule has 0 saturated heterocycles. The third-order valence-electron chi connectivity index (χ3n) is 1.93. The minimum Gasteiger partial charge on any atom is -0.473 e. The highest BCUT2D eigenvalue weighted by Gasteiger charge is 2.13. The fraction of sp³-hybridized carbons (Fsp3) is 0.273. The molecule has 0 radical (unpaired) electrons. The summed E-state index contributed by atoms with van der Waals surface area (Å²) in [6.07, 6.45) is 0.862. The van der Waals surface area contributed by atoms with E-state index in [4.69, 9.17) is 10.00 Å². The van der Waals surface area contributed by atoms with Crippen LogP contribution < -0.4 is 4.74 Å². The lowest BCUT2D eigenvalue weighted by atomic mass is 10.2. The number of carbonyl (C=O) groups excluding carboxylic acids is 1. The minimum atomic E-state index is -0.491. The van der Waals surface area contributed by atoms with Gasteiger partial charge in [0.05, 0.1) is 8.95 Å². The van der Waals surface area contributed by atoms with Crippen molar-refractivity contribution in [3.63, 3.8) is 0 Å². The number of carbonyl (C=O) groups is 1. The van der Waals surface area contributed by atoms with Crippen LogP contribution in [0, 0.1) is 11.3 Å². The second-order valence-corrected chi connectivity index (χ2v) is 4.78. The summed E-state index contributed by atoms with van der Waals surface area (Å²) in [6.45, 7) is 1.87. The van der Waals surface area contributed by atoms with Gasteiger partial charge in [0.1, 0.15) is 18.1 Å². The molecule has 0 aliphatic rings. The van der Waals surface area contributed by atoms with Crippen LogP contribution in [-0.2, 0) is 0 Å². The molecule has 1 aromatic carbocycles. The highest BCUT2D eigenvalue weighted by molar-refractivity contribution is 9.11. The van der Waals surface area contributed by atoms with E-state index in [0.717, 1.165) is 6.29 Å². The Bertz CT molecular complexity index is 417. The van der Waals surface area contributed by atoms with Crippen LogP contribution in [0.5, 0.6) is 5.75 Å². The maximum Gasteiger partial charge on any atom is 0.184 e. The highest BCUT2D eigenvalue weighted by Crippen LogP contribution is 2.35. The smallest absolute Gasteiger partial charge is 0.184 e. The third kappa shape index (κ3) is 3.06. The number of benzene rings is 1. The first-order valence-corrected chi connectivity index (χ1v) is 6.21. The molecule has 5 heteroatoms. The molecule has 0 saturated carbocycles. The lowest BCUT2D eigenvalue weighted by molar-refractivity contribution is 0.112. The lowest BCUT2D eigenvalue weighted by Crippen LogP contribution is -2.13. The topological polar surface area (TPSA) is 50.1 Å². The Morgan fingerprint density at radius 1 is 1.50 bits per heavy atom. The van der Waals surface area contributed by atoms with Crippen molar-refractivity contribution in [3.8, 4) is 11.8 Å². The van der Waals surface area contributed by atoms with Gasteiger partial charge in [0.2, 0.25) is 0 Å². The normalized spacial score (nSPS) is 11.6. The van der Waals surface area contributed by atoms with Crippen LogP contribution in [0.3, 0.4) is 0 Å². The second kappa shape index (κ2) is 6.02. The van der Waals surface area contributed by atoms with Crippen LogP contribution in [0.2, 0.25) is 0 Å². The Kier molecular flexibility index (Phi) is 4.97.